The maximum absolute atomic E-state index is 11.9. The minimum absolute atomic E-state index is 0.117. The van der Waals surface area contributed by atoms with Crippen molar-refractivity contribution in [1.82, 2.24) is 5.32 Å². The molecule has 1 amide bonds. The number of aliphatic hydroxyl groups excluding tert-OH is 4. The van der Waals surface area contributed by atoms with Gasteiger partial charge in [0.05, 0.1) is 6.04 Å². The topological polar surface area (TPSA) is 297 Å². The predicted octanol–water partition coefficient (Wildman–Crippen LogP) is -6.05. The monoisotopic (exact) mass is 552 g/mol. The molecule has 0 unspecified atom stereocenters. The van der Waals surface area contributed by atoms with Crippen LogP contribution in [0.5, 0.6) is 0 Å². The Bertz CT molecular complexity index is 781. The number of nitrogens with two attached hydrogens (primary N) is 5. The Morgan fingerprint density at radius 2 is 1.63 bits per heavy atom. The van der Waals surface area contributed by atoms with Gasteiger partial charge in [0.1, 0.15) is 54.6 Å². The second kappa shape index (κ2) is 13.0. The number of amides is 1. The summed E-state index contributed by atoms with van der Waals surface area (Å²) >= 11 is 0. The molecule has 2 aliphatic heterocycles. The maximum Gasteiger partial charge on any atom is 0.220 e. The number of aliphatic hydroxyl groups is 5. The van der Waals surface area contributed by atoms with Crippen molar-refractivity contribution >= 4 is 5.91 Å². The third-order valence-electron chi connectivity index (χ3n) is 7.30. The smallest absolute Gasteiger partial charge is 0.220 e. The van der Waals surface area contributed by atoms with E-state index < -0.39 is 85.3 Å². The quantitative estimate of drug-likeness (QED) is 0.119. The van der Waals surface area contributed by atoms with Gasteiger partial charge in [-0.25, -0.2) is 0 Å². The van der Waals surface area contributed by atoms with E-state index in [4.69, 9.17) is 47.6 Å². The van der Waals surface area contributed by atoms with Crippen molar-refractivity contribution in [2.75, 3.05) is 13.1 Å². The highest BCUT2D eigenvalue weighted by Crippen LogP contribution is 2.32. The normalized spacial score (nSPS) is 48.0. The molecule has 16 nitrogen and oxygen atoms in total. The summed E-state index contributed by atoms with van der Waals surface area (Å²) in [6.45, 7) is 1.59. The van der Waals surface area contributed by atoms with Crippen LogP contribution in [0, 0.1) is 0 Å². The number of hydrogen-bond acceptors (Lipinski definition) is 15. The van der Waals surface area contributed by atoms with Crippen molar-refractivity contribution in [3.63, 3.8) is 0 Å². The Labute approximate surface area is 220 Å². The molecule has 0 bridgehead atoms. The maximum atomic E-state index is 11.9. The van der Waals surface area contributed by atoms with Crippen molar-refractivity contribution in [2.45, 2.75) is 118 Å². The second-order valence-corrected chi connectivity index (χ2v) is 10.4. The lowest BCUT2D eigenvalue weighted by Gasteiger charge is -2.48. The molecule has 0 spiro atoms. The van der Waals surface area contributed by atoms with Gasteiger partial charge in [-0.15, -0.1) is 0 Å². The Kier molecular flexibility index (Phi) is 10.8. The third-order valence-corrected chi connectivity index (χ3v) is 7.30. The fraction of sp³-hybridized carbons (Fsp3) is 0.955. The fourth-order valence-corrected chi connectivity index (χ4v) is 5.04. The molecule has 1 saturated carbocycles. The number of carbonyl (C=O) groups excluding carboxylic acids is 1. The first-order valence-electron chi connectivity index (χ1n) is 12.9. The van der Waals surface area contributed by atoms with Gasteiger partial charge in [0.2, 0.25) is 5.91 Å². The van der Waals surface area contributed by atoms with Gasteiger partial charge >= 0.3 is 0 Å². The van der Waals surface area contributed by atoms with Crippen molar-refractivity contribution in [2.24, 2.45) is 28.7 Å². The molecule has 0 aromatic heterocycles. The molecule has 2 heterocycles. The van der Waals surface area contributed by atoms with Crippen molar-refractivity contribution in [3.05, 3.63) is 0 Å². The van der Waals surface area contributed by atoms with Gasteiger partial charge in [-0.3, -0.25) is 4.79 Å². The highest BCUT2D eigenvalue weighted by molar-refractivity contribution is 5.75. The second-order valence-electron chi connectivity index (χ2n) is 10.4. The molecule has 14 atom stereocenters. The van der Waals surface area contributed by atoms with Crippen LogP contribution in [0.2, 0.25) is 0 Å². The Hall–Kier alpha value is -1.09. The molecule has 1 aliphatic carbocycles. The zero-order valence-electron chi connectivity index (χ0n) is 21.4. The van der Waals surface area contributed by atoms with Gasteiger partial charge < -0.3 is 78.5 Å². The molecule has 3 rings (SSSR count). The van der Waals surface area contributed by atoms with E-state index >= 15 is 0 Å². The summed E-state index contributed by atoms with van der Waals surface area (Å²) < 4.78 is 23.2. The molecule has 0 radical (unpaired) electrons. The van der Waals surface area contributed by atoms with E-state index in [2.05, 4.69) is 5.32 Å². The Morgan fingerprint density at radius 1 is 1.00 bits per heavy atom. The minimum atomic E-state index is -2.12. The zero-order valence-corrected chi connectivity index (χ0v) is 21.4. The lowest BCUT2D eigenvalue weighted by atomic mass is 9.84. The SMILES string of the molecule is CCCC(=O)NC[C@H]1O[C@H](O[C@@H]2[C@@H](O)[C@H](O[C@H]3O[C@H](CN)[C@@H](O)[C@H](O)[C@H]3N)[C@@H](N)C[C@H]2N)C[C@@](N)(O)[C@@H]1O. The predicted molar refractivity (Wildman–Crippen MR) is 130 cm³/mol. The number of ether oxygens (including phenoxy) is 4. The highest BCUT2D eigenvalue weighted by Gasteiger charge is 2.51. The first-order valence-corrected chi connectivity index (χ1v) is 12.9. The van der Waals surface area contributed by atoms with Crippen LogP contribution >= 0.6 is 0 Å². The molecule has 3 fully saturated rings. The van der Waals surface area contributed by atoms with Crippen LogP contribution in [-0.2, 0) is 23.7 Å². The summed E-state index contributed by atoms with van der Waals surface area (Å²) in [6.07, 6.45) is -11.8. The van der Waals surface area contributed by atoms with Crippen molar-refractivity contribution in [1.29, 1.82) is 0 Å². The van der Waals surface area contributed by atoms with Crippen LogP contribution in [0.25, 0.3) is 0 Å². The van der Waals surface area contributed by atoms with Crippen molar-refractivity contribution in [3.8, 4) is 0 Å². The third kappa shape index (κ3) is 6.97. The first-order chi connectivity index (χ1) is 17.8. The van der Waals surface area contributed by atoms with E-state index in [1.165, 1.54) is 0 Å². The minimum Gasteiger partial charge on any atom is -0.388 e. The molecule has 0 aromatic carbocycles. The summed E-state index contributed by atoms with van der Waals surface area (Å²) in [5.74, 6) is -0.261. The van der Waals surface area contributed by atoms with Gasteiger partial charge in [0.15, 0.2) is 12.6 Å². The van der Waals surface area contributed by atoms with E-state index in [-0.39, 0.29) is 38.3 Å². The average molecular weight is 553 g/mol. The van der Waals surface area contributed by atoms with Crippen LogP contribution in [0.1, 0.15) is 32.6 Å². The van der Waals surface area contributed by atoms with Crippen LogP contribution in [0.15, 0.2) is 0 Å². The molecular weight excluding hydrogens is 508 g/mol. The molecule has 38 heavy (non-hydrogen) atoms. The van der Waals surface area contributed by atoms with Gasteiger partial charge in [-0.1, -0.05) is 6.92 Å². The average Bonchev–Trinajstić information content (AvgIpc) is 2.85. The molecule has 0 aromatic rings. The van der Waals surface area contributed by atoms with Crippen LogP contribution in [0.3, 0.4) is 0 Å². The molecular formula is C22H44N6O10. The van der Waals surface area contributed by atoms with E-state index in [1.807, 2.05) is 6.92 Å². The van der Waals surface area contributed by atoms with Gasteiger partial charge in [-0.2, -0.15) is 0 Å². The Morgan fingerprint density at radius 3 is 2.24 bits per heavy atom. The number of carbonyl (C=O) groups is 1. The van der Waals surface area contributed by atoms with Crippen LogP contribution in [0.4, 0.5) is 0 Å². The number of hydrogen-bond donors (Lipinski definition) is 11. The van der Waals surface area contributed by atoms with Crippen LogP contribution in [-0.4, -0.2) is 130 Å². The summed E-state index contributed by atoms with van der Waals surface area (Å²) in [5.41, 5.74) is 27.8. The first kappa shape index (κ1) is 31.4. The Balaban J connectivity index is 1.69. The lowest BCUT2D eigenvalue weighted by Crippen LogP contribution is -2.69. The molecule has 3 aliphatic rings. The number of nitrogens with one attached hydrogen (secondary N) is 1. The largest absolute Gasteiger partial charge is 0.388 e. The summed E-state index contributed by atoms with van der Waals surface area (Å²) in [5, 5.41) is 55.1. The van der Waals surface area contributed by atoms with E-state index in [9.17, 15) is 30.3 Å². The fourth-order valence-electron chi connectivity index (χ4n) is 5.04. The highest BCUT2D eigenvalue weighted by atomic mass is 16.7. The summed E-state index contributed by atoms with van der Waals surface area (Å²) in [4.78, 5) is 11.9. The van der Waals surface area contributed by atoms with Crippen molar-refractivity contribution < 1.29 is 49.3 Å². The lowest BCUT2D eigenvalue weighted by molar-refractivity contribution is -0.316. The van der Waals surface area contributed by atoms with E-state index in [0.717, 1.165) is 0 Å². The van der Waals surface area contributed by atoms with Gasteiger partial charge in [0.25, 0.3) is 0 Å². The van der Waals surface area contributed by atoms with E-state index in [0.29, 0.717) is 6.42 Å². The molecule has 16 heteroatoms. The van der Waals surface area contributed by atoms with Gasteiger partial charge in [-0.05, 0) is 12.8 Å². The summed E-state index contributed by atoms with van der Waals surface area (Å²) in [7, 11) is 0. The molecule has 222 valence electrons. The van der Waals surface area contributed by atoms with Gasteiger partial charge in [0, 0.05) is 38.0 Å². The van der Waals surface area contributed by atoms with Crippen LogP contribution < -0.4 is 34.0 Å². The molecule has 2 saturated heterocycles. The number of rotatable bonds is 9. The zero-order chi connectivity index (χ0) is 28.4. The summed E-state index contributed by atoms with van der Waals surface area (Å²) in [6, 6.07) is -2.73. The molecule has 16 N–H and O–H groups in total. The standard InChI is InChI=1S/C22H44N6O10/c1-2-3-12(29)28-7-11-20(33)22(27,34)5-13(35-11)37-18-8(24)4-9(25)19(17(18)32)38-21-14(26)16(31)15(30)10(6-23)36-21/h8-11,13-21,30-34H,2-7,23-27H2,1H3,(H,28,29)/t8-,9+,10-,11-,13-,14-,15-,16-,17-,18+,19-,20-,21-,22-/m1/s1. The van der Waals surface area contributed by atoms with E-state index in [1.54, 1.807) is 0 Å².